The molecule has 0 nitrogen and oxygen atoms in total. The Bertz CT molecular complexity index is 3970. The number of rotatable bonds is 8. The van der Waals surface area contributed by atoms with E-state index in [-0.39, 0.29) is 10.8 Å². The second-order valence-electron chi connectivity index (χ2n) is 23.4. The third-order valence-electron chi connectivity index (χ3n) is 16.4. The predicted molar refractivity (Wildman–Crippen MR) is 334 cm³/mol. The summed E-state index contributed by atoms with van der Waals surface area (Å²) in [7, 11) is 0. The number of benzene rings is 12. The van der Waals surface area contributed by atoms with Crippen molar-refractivity contribution in [1.82, 2.24) is 0 Å². The zero-order chi connectivity index (χ0) is 53.2. The highest BCUT2D eigenvalue weighted by Gasteiger charge is 2.22. The zero-order valence-electron chi connectivity index (χ0n) is 46.0. The van der Waals surface area contributed by atoms with E-state index in [9.17, 15) is 0 Å². The van der Waals surface area contributed by atoms with Crippen molar-refractivity contribution in [3.8, 4) is 89.0 Å². The van der Waals surface area contributed by atoms with Gasteiger partial charge in [-0.15, -0.1) is 0 Å². The van der Waals surface area contributed by atoms with Gasteiger partial charge in [-0.3, -0.25) is 0 Å². The Kier molecular flexibility index (Phi) is 12.5. The highest BCUT2D eigenvalue weighted by molar-refractivity contribution is 6.25. The van der Waals surface area contributed by atoms with Crippen LogP contribution in [-0.2, 0) is 10.8 Å². The third kappa shape index (κ3) is 9.27. The van der Waals surface area contributed by atoms with Gasteiger partial charge in [-0.05, 0) is 199 Å². The van der Waals surface area contributed by atoms with Crippen LogP contribution in [0.4, 0.5) is 0 Å². The van der Waals surface area contributed by atoms with Crippen molar-refractivity contribution in [2.24, 2.45) is 0 Å². The van der Waals surface area contributed by atoms with E-state index in [1.54, 1.807) is 0 Å². The molecule has 0 saturated carbocycles. The van der Waals surface area contributed by atoms with Gasteiger partial charge in [-0.2, -0.15) is 0 Å². The summed E-state index contributed by atoms with van der Waals surface area (Å²) in [5.74, 6) is 0. The van der Waals surface area contributed by atoms with Crippen molar-refractivity contribution in [3.05, 3.63) is 264 Å². The molecule has 0 atom stereocenters. The van der Waals surface area contributed by atoms with Gasteiger partial charge in [0.15, 0.2) is 0 Å². The maximum absolute atomic E-state index is 2.40. The summed E-state index contributed by atoms with van der Waals surface area (Å²) in [5, 5.41) is 7.75. The van der Waals surface area contributed by atoms with Crippen LogP contribution in [0.15, 0.2) is 237 Å². The first-order valence-electron chi connectivity index (χ1n) is 27.4. The fourth-order valence-electron chi connectivity index (χ4n) is 12.2. The van der Waals surface area contributed by atoms with E-state index < -0.39 is 0 Å². The van der Waals surface area contributed by atoms with Crippen LogP contribution in [0.25, 0.3) is 121 Å². The average Bonchev–Trinajstić information content (AvgIpc) is 3.52. The van der Waals surface area contributed by atoms with Crippen molar-refractivity contribution in [3.63, 3.8) is 0 Å². The number of hydrogen-bond donors (Lipinski definition) is 0. The van der Waals surface area contributed by atoms with Gasteiger partial charge in [0.2, 0.25) is 0 Å². The van der Waals surface area contributed by atoms with Crippen molar-refractivity contribution in [1.29, 1.82) is 0 Å². The molecule has 0 aliphatic carbocycles. The van der Waals surface area contributed by atoms with E-state index in [4.69, 9.17) is 0 Å². The lowest BCUT2D eigenvalue weighted by molar-refractivity contribution is 0.590. The summed E-state index contributed by atoms with van der Waals surface area (Å²) in [4.78, 5) is 0. The fraction of sp³-hybridized carbons (Fsp3) is 0.143. The highest BCUT2D eigenvalue weighted by atomic mass is 14.3. The van der Waals surface area contributed by atoms with Crippen LogP contribution in [0.3, 0.4) is 0 Å². The summed E-state index contributed by atoms with van der Waals surface area (Å²) in [6, 6.07) is 88.7. The SMILES string of the molecule is Cc1c(-c2ccc(-c3ccc4c5ccccc5c5ccccc5c4c3)cc2)c(C)c(-c2cccc(-c3ccc(-c4ccc(C(C)(C)C)cc4)cc3)c2)c(C)c1-c1cccc(-c2ccc(-c3ccc(C(C)(C)C)cc3)cc2)c1. The zero-order valence-corrected chi connectivity index (χ0v) is 46.0. The molecule has 12 aromatic carbocycles. The second-order valence-corrected chi connectivity index (χ2v) is 23.4. The number of hydrogen-bond acceptors (Lipinski definition) is 0. The maximum Gasteiger partial charge on any atom is -0.00928 e. The van der Waals surface area contributed by atoms with Crippen molar-refractivity contribution < 1.29 is 0 Å². The molecular weight excluding hydrogens is 925 g/mol. The lowest BCUT2D eigenvalue weighted by Gasteiger charge is -2.24. The van der Waals surface area contributed by atoms with E-state index in [0.717, 1.165) is 0 Å². The van der Waals surface area contributed by atoms with Gasteiger partial charge in [0.25, 0.3) is 0 Å². The van der Waals surface area contributed by atoms with Gasteiger partial charge in [0.05, 0.1) is 0 Å². The van der Waals surface area contributed by atoms with Crippen LogP contribution in [0, 0.1) is 20.8 Å². The van der Waals surface area contributed by atoms with Crippen molar-refractivity contribution in [2.75, 3.05) is 0 Å². The summed E-state index contributed by atoms with van der Waals surface area (Å²) in [5.41, 5.74) is 26.5. The molecule has 0 heteroatoms. The topological polar surface area (TPSA) is 0 Å². The summed E-state index contributed by atoms with van der Waals surface area (Å²) in [6.45, 7) is 20.6. The average molecular weight is 991 g/mol. The molecule has 0 heterocycles. The minimum atomic E-state index is 0.122. The lowest BCUT2D eigenvalue weighted by atomic mass is 9.80. The minimum Gasteiger partial charge on any atom is -0.0616 e. The van der Waals surface area contributed by atoms with Gasteiger partial charge in [0, 0.05) is 0 Å². The lowest BCUT2D eigenvalue weighted by Crippen LogP contribution is -2.10. The molecule has 0 N–H and O–H groups in total. The molecule has 0 bridgehead atoms. The molecule has 12 rings (SSSR count). The van der Waals surface area contributed by atoms with Gasteiger partial charge in [-0.25, -0.2) is 0 Å². The Balaban J connectivity index is 0.949. The molecule has 0 amide bonds. The third-order valence-corrected chi connectivity index (χ3v) is 16.4. The van der Waals surface area contributed by atoms with Crippen LogP contribution >= 0.6 is 0 Å². The number of fused-ring (bicyclic) bond motifs is 6. The monoisotopic (exact) mass is 991 g/mol. The molecule has 0 saturated heterocycles. The predicted octanol–water partition coefficient (Wildman–Crippen LogP) is 22.0. The van der Waals surface area contributed by atoms with Crippen LogP contribution in [0.2, 0.25) is 0 Å². The van der Waals surface area contributed by atoms with Crippen LogP contribution in [0.1, 0.15) is 69.4 Å². The molecule has 0 spiro atoms. The van der Waals surface area contributed by atoms with Gasteiger partial charge in [-0.1, -0.05) is 260 Å². The Morgan fingerprint density at radius 2 is 0.442 bits per heavy atom. The van der Waals surface area contributed by atoms with Gasteiger partial charge < -0.3 is 0 Å². The Hall–Kier alpha value is -8.58. The largest absolute Gasteiger partial charge is 0.0616 e. The van der Waals surface area contributed by atoms with E-state index in [2.05, 4.69) is 299 Å². The van der Waals surface area contributed by atoms with Crippen molar-refractivity contribution >= 4 is 32.3 Å². The van der Waals surface area contributed by atoms with Crippen LogP contribution in [-0.4, -0.2) is 0 Å². The molecule has 0 unspecified atom stereocenters. The Morgan fingerprint density at radius 1 is 0.195 bits per heavy atom. The van der Waals surface area contributed by atoms with Gasteiger partial charge >= 0.3 is 0 Å². The minimum absolute atomic E-state index is 0.122. The van der Waals surface area contributed by atoms with E-state index in [0.29, 0.717) is 0 Å². The van der Waals surface area contributed by atoms with Crippen LogP contribution < -0.4 is 0 Å². The first kappa shape index (κ1) is 49.3. The maximum atomic E-state index is 2.40. The summed E-state index contributed by atoms with van der Waals surface area (Å²) < 4.78 is 0. The first-order valence-corrected chi connectivity index (χ1v) is 27.4. The molecule has 0 aliphatic heterocycles. The summed E-state index contributed by atoms with van der Waals surface area (Å²) >= 11 is 0. The second kappa shape index (κ2) is 19.5. The molecule has 0 radical (unpaired) electrons. The normalized spacial score (nSPS) is 12.0. The molecule has 0 aromatic heterocycles. The Morgan fingerprint density at radius 3 is 0.792 bits per heavy atom. The molecule has 0 fully saturated rings. The standard InChI is InChI=1S/C77H66/c1-49-73(59-34-32-58(33-35-59)62-40-45-71-69-22-11-10-20-67(69)68-21-12-13-23-70(68)72(71)48-62)50(2)75(64-19-15-17-61(47-64)57-30-26-53(27-31-57)55-38-43-66(44-39-55)77(7,8)9)51(3)74(49)63-18-14-16-60(46-63)56-28-24-52(25-29-56)54-36-41-65(42-37-54)76(4,5)6/h10-48H,1-9H3. The molecule has 77 heavy (non-hydrogen) atoms. The molecule has 374 valence electrons. The fourth-order valence-corrected chi connectivity index (χ4v) is 12.2. The molecular formula is C77H66. The van der Waals surface area contributed by atoms with E-state index in [1.807, 2.05) is 0 Å². The van der Waals surface area contributed by atoms with E-state index in [1.165, 1.54) is 149 Å². The van der Waals surface area contributed by atoms with Crippen molar-refractivity contribution in [2.45, 2.75) is 73.1 Å². The van der Waals surface area contributed by atoms with Gasteiger partial charge in [0.1, 0.15) is 0 Å². The van der Waals surface area contributed by atoms with Crippen LogP contribution in [0.5, 0.6) is 0 Å². The highest BCUT2D eigenvalue weighted by Crippen LogP contribution is 2.46. The first-order chi connectivity index (χ1) is 37.2. The Labute approximate surface area is 456 Å². The molecule has 12 aromatic rings. The van der Waals surface area contributed by atoms with E-state index >= 15 is 0 Å². The molecule has 0 aliphatic rings. The summed E-state index contributed by atoms with van der Waals surface area (Å²) in [6.07, 6.45) is 0. The quantitative estimate of drug-likeness (QED) is 0.133. The smallest absolute Gasteiger partial charge is 0.00928 e.